The number of hydrogen-bond donors (Lipinski definition) is 3. The van der Waals surface area contributed by atoms with E-state index in [0.717, 1.165) is 30.7 Å². The topological polar surface area (TPSA) is 141 Å². The van der Waals surface area contributed by atoms with Gasteiger partial charge in [0.25, 0.3) is 0 Å². The molecule has 0 aromatic carbocycles. The first-order valence-corrected chi connectivity index (χ1v) is 14.6. The van der Waals surface area contributed by atoms with E-state index in [1.807, 2.05) is 46.6 Å². The van der Waals surface area contributed by atoms with Gasteiger partial charge in [0, 0.05) is 31.4 Å². The molecular weight excluding hydrogens is 522 g/mol. The van der Waals surface area contributed by atoms with Gasteiger partial charge in [-0.1, -0.05) is 34.1 Å². The monoisotopic (exact) mass is 567 g/mol. The molecule has 39 heavy (non-hydrogen) atoms. The Kier molecular flexibility index (Phi) is 11.7. The molecule has 1 aliphatic rings. The highest BCUT2D eigenvalue weighted by Gasteiger charge is 2.44. The average molecular weight is 568 g/mol. The first kappa shape index (κ1) is 32.5. The number of rotatable bonds is 13. The van der Waals surface area contributed by atoms with E-state index in [1.165, 1.54) is 5.38 Å². The molecule has 0 radical (unpaired) electrons. The Morgan fingerprint density at radius 2 is 1.92 bits per heavy atom. The van der Waals surface area contributed by atoms with E-state index in [-0.39, 0.29) is 41.8 Å². The van der Waals surface area contributed by atoms with Crippen LogP contribution < -0.4 is 10.6 Å². The van der Waals surface area contributed by atoms with Gasteiger partial charge in [-0.05, 0) is 52.1 Å². The highest BCUT2D eigenvalue weighted by Crippen LogP contribution is 2.32. The molecule has 1 saturated heterocycles. The molecular formula is C27H45N5O6S. The van der Waals surface area contributed by atoms with Gasteiger partial charge in [-0.2, -0.15) is 0 Å². The van der Waals surface area contributed by atoms with Crippen molar-refractivity contribution in [1.29, 1.82) is 0 Å². The Morgan fingerprint density at radius 3 is 2.41 bits per heavy atom. The van der Waals surface area contributed by atoms with Crippen molar-refractivity contribution in [2.24, 2.45) is 11.8 Å². The van der Waals surface area contributed by atoms with Crippen molar-refractivity contribution in [2.45, 2.75) is 91.0 Å². The zero-order chi connectivity index (χ0) is 29.5. The molecule has 11 nitrogen and oxygen atoms in total. The fourth-order valence-corrected chi connectivity index (χ4v) is 5.73. The zero-order valence-electron chi connectivity index (χ0n) is 24.4. The number of carbonyl (C=O) groups is 4. The minimum Gasteiger partial charge on any atom is -0.476 e. The Bertz CT molecular complexity index is 1020. The van der Waals surface area contributed by atoms with Crippen LogP contribution in [0.2, 0.25) is 0 Å². The van der Waals surface area contributed by atoms with E-state index in [2.05, 4.69) is 15.6 Å². The molecule has 0 saturated carbocycles. The van der Waals surface area contributed by atoms with Crippen LogP contribution >= 0.6 is 11.3 Å². The Hall–Kier alpha value is -2.73. The fourth-order valence-electron chi connectivity index (χ4n) is 4.89. The molecule has 1 aliphatic heterocycles. The molecule has 1 fully saturated rings. The summed E-state index contributed by atoms with van der Waals surface area (Å²) in [4.78, 5) is 58.9. The van der Waals surface area contributed by atoms with Crippen LogP contribution in [0.3, 0.4) is 0 Å². The largest absolute Gasteiger partial charge is 0.476 e. The summed E-state index contributed by atoms with van der Waals surface area (Å²) in [6, 6.07) is -1.11. The van der Waals surface area contributed by atoms with Crippen LogP contribution in [0.25, 0.3) is 0 Å². The molecule has 1 aromatic heterocycles. The molecule has 5 atom stereocenters. The number of nitrogens with one attached hydrogen (secondary N) is 2. The molecule has 0 bridgehead atoms. The second-order valence-electron chi connectivity index (χ2n) is 10.9. The molecule has 220 valence electrons. The van der Waals surface area contributed by atoms with Crippen LogP contribution in [0, 0.1) is 11.8 Å². The van der Waals surface area contributed by atoms with E-state index in [0.29, 0.717) is 18.0 Å². The lowest BCUT2D eigenvalue weighted by atomic mass is 9.91. The number of ether oxygens (including phenoxy) is 1. The number of carboxylic acids is 1. The third-order valence-corrected chi connectivity index (χ3v) is 8.85. The molecule has 0 aliphatic carbocycles. The van der Waals surface area contributed by atoms with Gasteiger partial charge >= 0.3 is 12.1 Å². The quantitative estimate of drug-likeness (QED) is 0.329. The Balaban J connectivity index is 2.33. The third-order valence-electron chi connectivity index (χ3n) is 7.91. The maximum absolute atomic E-state index is 13.9. The maximum Gasteiger partial charge on any atom is 0.407 e. The molecule has 2 rings (SSSR count). The summed E-state index contributed by atoms with van der Waals surface area (Å²) >= 11 is 1.09. The summed E-state index contributed by atoms with van der Waals surface area (Å²) in [7, 11) is 3.63. The predicted molar refractivity (Wildman–Crippen MR) is 150 cm³/mol. The Labute approximate surface area is 235 Å². The van der Waals surface area contributed by atoms with Gasteiger partial charge in [-0.15, -0.1) is 11.3 Å². The van der Waals surface area contributed by atoms with Crippen molar-refractivity contribution >= 4 is 35.2 Å². The van der Waals surface area contributed by atoms with Crippen molar-refractivity contribution in [3.63, 3.8) is 0 Å². The summed E-state index contributed by atoms with van der Waals surface area (Å²) < 4.78 is 5.66. The van der Waals surface area contributed by atoms with Gasteiger partial charge < -0.3 is 25.4 Å². The van der Waals surface area contributed by atoms with Crippen molar-refractivity contribution in [3.8, 4) is 0 Å². The van der Waals surface area contributed by atoms with Crippen molar-refractivity contribution < 1.29 is 29.0 Å². The van der Waals surface area contributed by atoms with E-state index in [1.54, 1.807) is 18.9 Å². The van der Waals surface area contributed by atoms with Crippen molar-refractivity contribution in [3.05, 3.63) is 16.1 Å². The van der Waals surface area contributed by atoms with Gasteiger partial charge in [0.05, 0.1) is 5.54 Å². The minimum absolute atomic E-state index is 0.0371. The zero-order valence-corrected chi connectivity index (χ0v) is 25.3. The van der Waals surface area contributed by atoms with Gasteiger partial charge in [-0.25, -0.2) is 14.6 Å². The number of thiazole rings is 1. The average Bonchev–Trinajstić information content (AvgIpc) is 3.51. The molecule has 12 heteroatoms. The number of aromatic carboxylic acids is 1. The number of aromatic nitrogens is 1. The van der Waals surface area contributed by atoms with Crippen LogP contribution in [-0.2, 0) is 14.3 Å². The number of amides is 3. The molecule has 3 amide bonds. The summed E-state index contributed by atoms with van der Waals surface area (Å²) in [6.45, 7) is 12.7. The summed E-state index contributed by atoms with van der Waals surface area (Å²) in [5.74, 6) is -1.69. The van der Waals surface area contributed by atoms with Crippen LogP contribution in [0.5, 0.6) is 0 Å². The van der Waals surface area contributed by atoms with Crippen LogP contribution in [-0.4, -0.2) is 88.6 Å². The lowest BCUT2D eigenvalue weighted by Gasteiger charge is -2.38. The van der Waals surface area contributed by atoms with E-state index in [9.17, 15) is 24.3 Å². The normalized spacial score (nSPS) is 20.6. The van der Waals surface area contributed by atoms with E-state index < -0.39 is 29.7 Å². The first-order valence-electron chi connectivity index (χ1n) is 13.7. The summed E-state index contributed by atoms with van der Waals surface area (Å²) in [5.41, 5.74) is -0.796. The fraction of sp³-hybridized carbons (Fsp3) is 0.741. The third kappa shape index (κ3) is 7.91. The van der Waals surface area contributed by atoms with Gasteiger partial charge in [-0.3, -0.25) is 14.5 Å². The van der Waals surface area contributed by atoms with E-state index >= 15 is 0 Å². The van der Waals surface area contributed by atoms with Gasteiger partial charge in [0.1, 0.15) is 11.0 Å². The number of carbonyl (C=O) groups excluding carboxylic acids is 3. The predicted octanol–water partition coefficient (Wildman–Crippen LogP) is 3.52. The van der Waals surface area contributed by atoms with Crippen LogP contribution in [0.15, 0.2) is 5.38 Å². The lowest BCUT2D eigenvalue weighted by molar-refractivity contribution is -0.142. The highest BCUT2D eigenvalue weighted by molar-refractivity contribution is 7.09. The standard InChI is InChI=1S/C27H45N5O6S/c1-9-17(5)21(30-25(36)27(6)12-11-13-31(27)7)23(33)32(8)19(16(3)4)14-20(38-26(37)28-10-2)22-29-18(15-39-22)24(34)35/h15-17,19-21H,9-14H2,1-8H3,(H,28,37)(H,30,36)(H,34,35)/t17?,19?,20?,21?,27-/m1/s1. The molecule has 1 aromatic rings. The number of hydrogen-bond acceptors (Lipinski definition) is 8. The molecule has 4 unspecified atom stereocenters. The van der Waals surface area contributed by atoms with E-state index in [4.69, 9.17) is 4.74 Å². The molecule has 3 N–H and O–H groups in total. The number of likely N-dealkylation sites (tertiary alicyclic amines) is 1. The number of alkyl carbamates (subject to hydrolysis) is 1. The Morgan fingerprint density at radius 1 is 1.26 bits per heavy atom. The minimum atomic E-state index is -1.17. The smallest absolute Gasteiger partial charge is 0.407 e. The number of nitrogens with zero attached hydrogens (tertiary/aromatic N) is 3. The van der Waals surface area contributed by atoms with Gasteiger partial charge in [0.2, 0.25) is 11.8 Å². The van der Waals surface area contributed by atoms with Gasteiger partial charge in [0.15, 0.2) is 11.8 Å². The number of carboxylic acid groups (broad SMARTS) is 1. The molecule has 0 spiro atoms. The van der Waals surface area contributed by atoms with Crippen molar-refractivity contribution in [1.82, 2.24) is 25.4 Å². The molecule has 2 heterocycles. The first-order chi connectivity index (χ1) is 18.3. The highest BCUT2D eigenvalue weighted by atomic mass is 32.1. The SMILES string of the molecule is CCNC(=O)OC(CC(C(C)C)N(C)C(=O)C(NC(=O)[C@@]1(C)CCCN1C)C(C)CC)c1nc(C(=O)O)cs1. The summed E-state index contributed by atoms with van der Waals surface area (Å²) in [5, 5.41) is 16.7. The maximum atomic E-state index is 13.9. The second-order valence-corrected chi connectivity index (χ2v) is 11.8. The second kappa shape index (κ2) is 14.1. The van der Waals surface area contributed by atoms with Crippen LogP contribution in [0.1, 0.15) is 88.8 Å². The van der Waals surface area contributed by atoms with Crippen LogP contribution in [0.4, 0.5) is 4.79 Å². The number of likely N-dealkylation sites (N-methyl/N-ethyl adjacent to an activating group) is 2. The lowest BCUT2D eigenvalue weighted by Crippen LogP contribution is -2.60. The summed E-state index contributed by atoms with van der Waals surface area (Å²) in [6.07, 6.45) is 1.05. The van der Waals surface area contributed by atoms with Crippen molar-refractivity contribution in [2.75, 3.05) is 27.2 Å².